The molecule has 0 amide bonds. The first-order chi connectivity index (χ1) is 7.33. The Bertz CT molecular complexity index is 319. The van der Waals surface area contributed by atoms with Crippen molar-refractivity contribution >= 4 is 15.9 Å². The summed E-state index contributed by atoms with van der Waals surface area (Å²) in [5, 5.41) is 0. The Labute approximate surface area is 101 Å². The second kappa shape index (κ2) is 5.16. The molecule has 0 aliphatic heterocycles. The Morgan fingerprint density at radius 1 is 1.33 bits per heavy atom. The lowest BCUT2D eigenvalue weighted by Gasteiger charge is -2.22. The second-order valence-corrected chi connectivity index (χ2v) is 5.65. The first-order valence-electron chi connectivity index (χ1n) is 6.04. The smallest absolute Gasteiger partial charge is 0.0211 e. The molecule has 2 unspecified atom stereocenters. The molecule has 0 spiro atoms. The zero-order valence-electron chi connectivity index (χ0n) is 9.38. The van der Waals surface area contributed by atoms with E-state index in [1.165, 1.54) is 32.1 Å². The molecule has 0 saturated carbocycles. The fourth-order valence-corrected chi connectivity index (χ4v) is 3.17. The second-order valence-electron chi connectivity index (χ2n) is 4.48. The maximum Gasteiger partial charge on any atom is 0.0211 e. The maximum atomic E-state index is 3.84. The highest BCUT2D eigenvalue weighted by Gasteiger charge is 2.23. The highest BCUT2D eigenvalue weighted by Crippen LogP contribution is 2.36. The summed E-state index contributed by atoms with van der Waals surface area (Å²) in [4.78, 5) is 0.650. The summed E-state index contributed by atoms with van der Waals surface area (Å²) in [6, 6.07) is 9.00. The van der Waals surface area contributed by atoms with Gasteiger partial charge in [-0.05, 0) is 42.7 Å². The van der Waals surface area contributed by atoms with Crippen LogP contribution in [0.1, 0.15) is 49.7 Å². The molecular weight excluding hydrogens is 248 g/mol. The number of hydrogen-bond donors (Lipinski definition) is 0. The van der Waals surface area contributed by atoms with Crippen LogP contribution in [0.5, 0.6) is 0 Å². The van der Waals surface area contributed by atoms with Crippen molar-refractivity contribution in [3.63, 3.8) is 0 Å². The lowest BCUT2D eigenvalue weighted by molar-refractivity contribution is 0.569. The van der Waals surface area contributed by atoms with Crippen molar-refractivity contribution < 1.29 is 0 Å². The summed E-state index contributed by atoms with van der Waals surface area (Å²) < 4.78 is 0. The van der Waals surface area contributed by atoms with E-state index in [4.69, 9.17) is 0 Å². The van der Waals surface area contributed by atoms with Crippen LogP contribution in [-0.2, 0) is 6.42 Å². The zero-order chi connectivity index (χ0) is 10.7. The van der Waals surface area contributed by atoms with Crippen molar-refractivity contribution in [3.8, 4) is 0 Å². The number of aryl methyl sites for hydroxylation is 1. The van der Waals surface area contributed by atoms with E-state index in [1.54, 1.807) is 11.1 Å². The minimum Gasteiger partial charge on any atom is -0.0884 e. The summed E-state index contributed by atoms with van der Waals surface area (Å²) in [5.74, 6) is 0.730. The molecule has 0 saturated heterocycles. The van der Waals surface area contributed by atoms with Crippen molar-refractivity contribution in [1.29, 1.82) is 0 Å². The molecule has 1 heteroatoms. The summed E-state index contributed by atoms with van der Waals surface area (Å²) in [5.41, 5.74) is 3.18. The van der Waals surface area contributed by atoms with Crippen LogP contribution in [0.25, 0.3) is 0 Å². The molecule has 82 valence electrons. The fourth-order valence-electron chi connectivity index (χ4n) is 2.62. The molecule has 0 fully saturated rings. The van der Waals surface area contributed by atoms with Gasteiger partial charge in [0.2, 0.25) is 0 Å². The molecule has 15 heavy (non-hydrogen) atoms. The Morgan fingerprint density at radius 3 is 2.93 bits per heavy atom. The summed E-state index contributed by atoms with van der Waals surface area (Å²) in [6.45, 7) is 2.27. The van der Waals surface area contributed by atoms with Gasteiger partial charge in [-0.2, -0.15) is 0 Å². The van der Waals surface area contributed by atoms with Gasteiger partial charge in [-0.1, -0.05) is 53.5 Å². The molecular formula is C14H19Br. The van der Waals surface area contributed by atoms with Gasteiger partial charge in [-0.3, -0.25) is 0 Å². The highest BCUT2D eigenvalue weighted by atomic mass is 79.9. The van der Waals surface area contributed by atoms with Crippen molar-refractivity contribution in [3.05, 3.63) is 35.4 Å². The number of fused-ring (bicyclic) bond motifs is 1. The van der Waals surface area contributed by atoms with Crippen LogP contribution in [0, 0.1) is 0 Å². The number of halogens is 1. The SMILES string of the molecule is CCC(Br)C1CCCCc2ccccc21. The predicted octanol–water partition coefficient (Wildman–Crippen LogP) is 4.67. The van der Waals surface area contributed by atoms with Gasteiger partial charge >= 0.3 is 0 Å². The Balaban J connectivity index is 2.32. The minimum absolute atomic E-state index is 0.650. The summed E-state index contributed by atoms with van der Waals surface area (Å²) >= 11 is 3.84. The third-order valence-electron chi connectivity index (χ3n) is 3.49. The van der Waals surface area contributed by atoms with Gasteiger partial charge in [0.05, 0.1) is 0 Å². The number of hydrogen-bond acceptors (Lipinski definition) is 0. The normalized spacial score (nSPS) is 22.9. The van der Waals surface area contributed by atoms with E-state index in [2.05, 4.69) is 47.1 Å². The average molecular weight is 267 g/mol. The quantitative estimate of drug-likeness (QED) is 0.539. The first kappa shape index (κ1) is 11.2. The van der Waals surface area contributed by atoms with Gasteiger partial charge in [-0.25, -0.2) is 0 Å². The zero-order valence-corrected chi connectivity index (χ0v) is 11.0. The molecule has 0 heterocycles. The molecule has 0 bridgehead atoms. The Kier molecular flexibility index (Phi) is 3.85. The van der Waals surface area contributed by atoms with Gasteiger partial charge in [-0.15, -0.1) is 0 Å². The summed E-state index contributed by atoms with van der Waals surface area (Å²) in [7, 11) is 0. The molecule has 0 nitrogen and oxygen atoms in total. The molecule has 2 atom stereocenters. The molecule has 0 N–H and O–H groups in total. The highest BCUT2D eigenvalue weighted by molar-refractivity contribution is 9.09. The number of benzene rings is 1. The van der Waals surface area contributed by atoms with Crippen molar-refractivity contribution in [1.82, 2.24) is 0 Å². The lowest BCUT2D eigenvalue weighted by atomic mass is 9.89. The maximum absolute atomic E-state index is 3.84. The predicted molar refractivity (Wildman–Crippen MR) is 69.7 cm³/mol. The van der Waals surface area contributed by atoms with Crippen molar-refractivity contribution in [2.45, 2.75) is 49.8 Å². The van der Waals surface area contributed by atoms with Gasteiger partial charge < -0.3 is 0 Å². The average Bonchev–Trinajstić information content (AvgIpc) is 2.50. The van der Waals surface area contributed by atoms with E-state index >= 15 is 0 Å². The molecule has 1 aliphatic carbocycles. The van der Waals surface area contributed by atoms with Crippen LogP contribution in [0.15, 0.2) is 24.3 Å². The van der Waals surface area contributed by atoms with Crippen LogP contribution in [0.3, 0.4) is 0 Å². The lowest BCUT2D eigenvalue weighted by Crippen LogP contribution is -2.12. The van der Waals surface area contributed by atoms with Crippen molar-refractivity contribution in [2.75, 3.05) is 0 Å². The van der Waals surface area contributed by atoms with E-state index in [-0.39, 0.29) is 0 Å². The topological polar surface area (TPSA) is 0 Å². The fraction of sp³-hybridized carbons (Fsp3) is 0.571. The van der Waals surface area contributed by atoms with Crippen LogP contribution in [0.4, 0.5) is 0 Å². The standard InChI is InChI=1S/C14H19Br/c1-2-14(15)13-10-6-4-8-11-7-3-5-9-12(11)13/h3,5,7,9,13-14H,2,4,6,8,10H2,1H3. The molecule has 1 aromatic carbocycles. The molecule has 0 aromatic heterocycles. The van der Waals surface area contributed by atoms with Gasteiger partial charge in [0.1, 0.15) is 0 Å². The van der Waals surface area contributed by atoms with Crippen LogP contribution >= 0.6 is 15.9 Å². The van der Waals surface area contributed by atoms with Gasteiger partial charge in [0, 0.05) is 4.83 Å². The van der Waals surface area contributed by atoms with Crippen LogP contribution in [-0.4, -0.2) is 4.83 Å². The van der Waals surface area contributed by atoms with E-state index in [1.807, 2.05) is 0 Å². The molecule has 1 aliphatic rings. The van der Waals surface area contributed by atoms with Crippen LogP contribution < -0.4 is 0 Å². The third-order valence-corrected chi connectivity index (χ3v) is 4.78. The molecule has 0 radical (unpaired) electrons. The van der Waals surface area contributed by atoms with E-state index < -0.39 is 0 Å². The van der Waals surface area contributed by atoms with E-state index in [0.29, 0.717) is 4.83 Å². The Hall–Kier alpha value is -0.300. The number of alkyl halides is 1. The largest absolute Gasteiger partial charge is 0.0884 e. The Morgan fingerprint density at radius 2 is 2.13 bits per heavy atom. The molecule has 2 rings (SSSR count). The van der Waals surface area contributed by atoms with Gasteiger partial charge in [0.15, 0.2) is 0 Å². The molecule has 1 aromatic rings. The number of rotatable bonds is 2. The summed E-state index contributed by atoms with van der Waals surface area (Å²) in [6.07, 6.45) is 6.58. The first-order valence-corrected chi connectivity index (χ1v) is 6.96. The van der Waals surface area contributed by atoms with E-state index in [0.717, 1.165) is 5.92 Å². The van der Waals surface area contributed by atoms with E-state index in [9.17, 15) is 0 Å². The third kappa shape index (κ3) is 2.44. The minimum atomic E-state index is 0.650. The van der Waals surface area contributed by atoms with Crippen LogP contribution in [0.2, 0.25) is 0 Å². The van der Waals surface area contributed by atoms with Gasteiger partial charge in [0.25, 0.3) is 0 Å². The van der Waals surface area contributed by atoms with Crippen molar-refractivity contribution in [2.24, 2.45) is 0 Å². The monoisotopic (exact) mass is 266 g/mol.